The highest BCUT2D eigenvalue weighted by Crippen LogP contribution is 1.95. The summed E-state index contributed by atoms with van der Waals surface area (Å²) in [6.07, 6.45) is 0.905. The molecule has 0 spiro atoms. The molecule has 0 fully saturated rings. The zero-order valence-electron chi connectivity index (χ0n) is 10.0. The number of carbonyl (C=O) groups is 1. The second kappa shape index (κ2) is 7.45. The molecule has 0 aromatic rings. The lowest BCUT2D eigenvalue weighted by molar-refractivity contribution is 0.241. The van der Waals surface area contributed by atoms with Gasteiger partial charge in [0, 0.05) is 13.1 Å². The first-order valence-electron chi connectivity index (χ1n) is 5.30. The molecule has 0 aliphatic heterocycles. The van der Waals surface area contributed by atoms with E-state index in [0.717, 1.165) is 6.42 Å². The molecule has 0 radical (unpaired) electrons. The van der Waals surface area contributed by atoms with Crippen LogP contribution in [0.5, 0.6) is 0 Å². The maximum atomic E-state index is 11.2. The van der Waals surface area contributed by atoms with Crippen LogP contribution in [0.15, 0.2) is 0 Å². The van der Waals surface area contributed by atoms with Crippen molar-refractivity contribution >= 4 is 16.1 Å². The van der Waals surface area contributed by atoms with E-state index < -0.39 is 10.0 Å². The van der Waals surface area contributed by atoms with Gasteiger partial charge in [-0.2, -0.15) is 0 Å². The first-order chi connectivity index (χ1) is 7.37. The van der Waals surface area contributed by atoms with E-state index in [9.17, 15) is 13.2 Å². The van der Waals surface area contributed by atoms with Crippen LogP contribution in [0.25, 0.3) is 0 Å². The van der Waals surface area contributed by atoms with E-state index in [4.69, 9.17) is 0 Å². The van der Waals surface area contributed by atoms with E-state index >= 15 is 0 Å². The van der Waals surface area contributed by atoms with Gasteiger partial charge in [0.05, 0.1) is 5.75 Å². The average molecular weight is 251 g/mol. The SMILES string of the molecule is CNS(=O)(=O)CCNC(=O)NCCC(C)C. The predicted molar refractivity (Wildman–Crippen MR) is 63.7 cm³/mol. The lowest BCUT2D eigenvalue weighted by Crippen LogP contribution is -2.39. The highest BCUT2D eigenvalue weighted by Gasteiger charge is 2.07. The molecule has 6 nitrogen and oxygen atoms in total. The summed E-state index contributed by atoms with van der Waals surface area (Å²) in [5.74, 6) is 0.422. The molecule has 16 heavy (non-hydrogen) atoms. The molecule has 0 aromatic carbocycles. The van der Waals surface area contributed by atoms with Crippen LogP contribution < -0.4 is 15.4 Å². The molecule has 0 saturated heterocycles. The van der Waals surface area contributed by atoms with Crippen LogP contribution in [0.3, 0.4) is 0 Å². The van der Waals surface area contributed by atoms with Crippen LogP contribution >= 0.6 is 0 Å². The van der Waals surface area contributed by atoms with Crippen LogP contribution in [0.4, 0.5) is 4.79 Å². The predicted octanol–water partition coefficient (Wildman–Crippen LogP) is -0.119. The van der Waals surface area contributed by atoms with Gasteiger partial charge in [-0.25, -0.2) is 17.9 Å². The summed E-state index contributed by atoms with van der Waals surface area (Å²) in [4.78, 5) is 11.2. The molecule has 3 N–H and O–H groups in total. The number of carbonyl (C=O) groups excluding carboxylic acids is 1. The monoisotopic (exact) mass is 251 g/mol. The van der Waals surface area contributed by atoms with Gasteiger partial charge in [0.1, 0.15) is 0 Å². The number of hydrogen-bond donors (Lipinski definition) is 3. The van der Waals surface area contributed by atoms with E-state index in [-0.39, 0.29) is 18.3 Å². The number of urea groups is 1. The standard InChI is InChI=1S/C9H21N3O3S/c1-8(2)4-5-11-9(13)12-6-7-16(14,15)10-3/h8,10H,4-7H2,1-3H3,(H2,11,12,13). The average Bonchev–Trinajstić information content (AvgIpc) is 2.17. The topological polar surface area (TPSA) is 87.3 Å². The molecular weight excluding hydrogens is 230 g/mol. The molecular formula is C9H21N3O3S. The minimum absolute atomic E-state index is 0.108. The van der Waals surface area contributed by atoms with Crippen molar-refractivity contribution in [3.8, 4) is 0 Å². The summed E-state index contributed by atoms with van der Waals surface area (Å²) in [5, 5.41) is 5.13. The van der Waals surface area contributed by atoms with E-state index in [1.54, 1.807) is 0 Å². The maximum Gasteiger partial charge on any atom is 0.314 e. The third kappa shape index (κ3) is 8.49. The van der Waals surface area contributed by atoms with Crippen molar-refractivity contribution in [2.75, 3.05) is 25.9 Å². The van der Waals surface area contributed by atoms with Crippen molar-refractivity contribution in [2.24, 2.45) is 5.92 Å². The Morgan fingerprint density at radius 3 is 2.25 bits per heavy atom. The van der Waals surface area contributed by atoms with Gasteiger partial charge < -0.3 is 10.6 Å². The van der Waals surface area contributed by atoms with Gasteiger partial charge in [-0.05, 0) is 19.4 Å². The zero-order valence-corrected chi connectivity index (χ0v) is 10.9. The number of rotatable bonds is 7. The van der Waals surface area contributed by atoms with E-state index in [1.165, 1.54) is 7.05 Å². The lowest BCUT2D eigenvalue weighted by atomic mass is 10.1. The molecule has 7 heteroatoms. The second-order valence-corrected chi connectivity index (χ2v) is 5.93. The number of sulfonamides is 1. The first kappa shape index (κ1) is 15.2. The third-order valence-corrected chi connectivity index (χ3v) is 3.34. The van der Waals surface area contributed by atoms with Gasteiger partial charge in [-0.3, -0.25) is 0 Å². The molecule has 0 aromatic heterocycles. The summed E-state index contributed by atoms with van der Waals surface area (Å²) in [6.45, 7) is 4.84. The van der Waals surface area contributed by atoms with Crippen molar-refractivity contribution in [3.05, 3.63) is 0 Å². The number of amides is 2. The normalized spacial score (nSPS) is 11.5. The Hall–Kier alpha value is -0.820. The van der Waals surface area contributed by atoms with Gasteiger partial charge in [0.2, 0.25) is 10.0 Å². The Kier molecular flexibility index (Phi) is 7.07. The van der Waals surface area contributed by atoms with Gasteiger partial charge in [0.25, 0.3) is 0 Å². The summed E-state index contributed by atoms with van der Waals surface area (Å²) < 4.78 is 24.2. The molecule has 0 unspecified atom stereocenters. The summed E-state index contributed by atoms with van der Waals surface area (Å²) >= 11 is 0. The highest BCUT2D eigenvalue weighted by molar-refractivity contribution is 7.89. The quantitative estimate of drug-likeness (QED) is 0.589. The smallest absolute Gasteiger partial charge is 0.314 e. The van der Waals surface area contributed by atoms with Crippen LogP contribution in [0.1, 0.15) is 20.3 Å². The lowest BCUT2D eigenvalue weighted by Gasteiger charge is -2.08. The van der Waals surface area contributed by atoms with Crippen LogP contribution in [0, 0.1) is 5.92 Å². The van der Waals surface area contributed by atoms with E-state index in [2.05, 4.69) is 29.2 Å². The Morgan fingerprint density at radius 2 is 1.75 bits per heavy atom. The van der Waals surface area contributed by atoms with Crippen molar-refractivity contribution in [1.29, 1.82) is 0 Å². The maximum absolute atomic E-state index is 11.2. The molecule has 0 aliphatic rings. The fourth-order valence-electron chi connectivity index (χ4n) is 0.938. The summed E-state index contributed by atoms with van der Waals surface area (Å²) in [5.41, 5.74) is 0. The van der Waals surface area contributed by atoms with Gasteiger partial charge >= 0.3 is 6.03 Å². The van der Waals surface area contributed by atoms with Crippen LogP contribution in [0.2, 0.25) is 0 Å². The number of nitrogens with one attached hydrogen (secondary N) is 3. The zero-order chi connectivity index (χ0) is 12.6. The Balaban J connectivity index is 3.59. The van der Waals surface area contributed by atoms with E-state index in [0.29, 0.717) is 12.5 Å². The molecule has 0 saturated carbocycles. The van der Waals surface area contributed by atoms with Crippen molar-refractivity contribution in [2.45, 2.75) is 20.3 Å². The fraction of sp³-hybridized carbons (Fsp3) is 0.889. The van der Waals surface area contributed by atoms with Crippen LogP contribution in [-0.4, -0.2) is 40.3 Å². The molecule has 0 rings (SSSR count). The summed E-state index contributed by atoms with van der Waals surface area (Å²) in [6, 6.07) is -0.327. The Bertz CT molecular complexity index is 301. The molecule has 0 heterocycles. The minimum Gasteiger partial charge on any atom is -0.338 e. The first-order valence-corrected chi connectivity index (χ1v) is 6.95. The van der Waals surface area contributed by atoms with Gasteiger partial charge in [-0.15, -0.1) is 0 Å². The van der Waals surface area contributed by atoms with E-state index in [1.807, 2.05) is 0 Å². The second-order valence-electron chi connectivity index (χ2n) is 3.89. The van der Waals surface area contributed by atoms with Crippen molar-refractivity contribution in [1.82, 2.24) is 15.4 Å². The van der Waals surface area contributed by atoms with Crippen molar-refractivity contribution in [3.63, 3.8) is 0 Å². The fourth-order valence-corrected chi connectivity index (χ4v) is 1.51. The molecule has 0 aliphatic carbocycles. The molecule has 2 amide bonds. The molecule has 96 valence electrons. The third-order valence-electron chi connectivity index (χ3n) is 1.97. The summed E-state index contributed by atoms with van der Waals surface area (Å²) in [7, 11) is -1.90. The Morgan fingerprint density at radius 1 is 1.19 bits per heavy atom. The van der Waals surface area contributed by atoms with Crippen LogP contribution in [-0.2, 0) is 10.0 Å². The van der Waals surface area contributed by atoms with Crippen molar-refractivity contribution < 1.29 is 13.2 Å². The molecule has 0 atom stereocenters. The number of hydrogen-bond acceptors (Lipinski definition) is 3. The van der Waals surface area contributed by atoms with Gasteiger partial charge in [-0.1, -0.05) is 13.8 Å². The largest absolute Gasteiger partial charge is 0.338 e. The van der Waals surface area contributed by atoms with Gasteiger partial charge in [0.15, 0.2) is 0 Å². The minimum atomic E-state index is -3.24. The molecule has 0 bridgehead atoms. The highest BCUT2D eigenvalue weighted by atomic mass is 32.2. The Labute approximate surface area is 97.2 Å².